The van der Waals surface area contributed by atoms with Crippen LogP contribution in [0.5, 0.6) is 0 Å². The van der Waals surface area contributed by atoms with Gasteiger partial charge in [-0.05, 0) is 0 Å². The van der Waals surface area contributed by atoms with Gasteiger partial charge in [-0.25, -0.2) is 8.78 Å². The third kappa shape index (κ3) is 1.24. The molecule has 6 heteroatoms. The smallest absolute Gasteiger partial charge is 0.303 e. The SMILES string of the molecule is O=COC1(C(F)F)C=CN=N1. The highest BCUT2D eigenvalue weighted by Crippen LogP contribution is 2.27. The van der Waals surface area contributed by atoms with Crippen molar-refractivity contribution in [3.8, 4) is 0 Å². The van der Waals surface area contributed by atoms with Crippen LogP contribution in [0.4, 0.5) is 8.78 Å². The van der Waals surface area contributed by atoms with Crippen LogP contribution < -0.4 is 0 Å². The monoisotopic (exact) mass is 162 g/mol. The first-order valence-corrected chi connectivity index (χ1v) is 2.70. The summed E-state index contributed by atoms with van der Waals surface area (Å²) in [6, 6.07) is 0. The fourth-order valence-electron chi connectivity index (χ4n) is 0.605. The van der Waals surface area contributed by atoms with Crippen LogP contribution in [0, 0.1) is 0 Å². The van der Waals surface area contributed by atoms with Gasteiger partial charge >= 0.3 is 12.2 Å². The number of azo groups is 1. The molecule has 0 spiro atoms. The Morgan fingerprint density at radius 3 is 2.73 bits per heavy atom. The topological polar surface area (TPSA) is 51.0 Å². The van der Waals surface area contributed by atoms with E-state index in [1.165, 1.54) is 0 Å². The van der Waals surface area contributed by atoms with Gasteiger partial charge in [0.1, 0.15) is 0 Å². The van der Waals surface area contributed by atoms with Gasteiger partial charge in [-0.3, -0.25) is 4.79 Å². The van der Waals surface area contributed by atoms with Crippen molar-refractivity contribution in [3.63, 3.8) is 0 Å². The van der Waals surface area contributed by atoms with Gasteiger partial charge in [-0.2, -0.15) is 5.11 Å². The number of halogens is 2. The second-order valence-corrected chi connectivity index (χ2v) is 1.80. The first-order valence-electron chi connectivity index (χ1n) is 2.70. The molecule has 1 aliphatic heterocycles. The van der Waals surface area contributed by atoms with Crippen molar-refractivity contribution < 1.29 is 18.3 Å². The number of nitrogens with zero attached hydrogens (tertiary/aromatic N) is 2. The Kier molecular flexibility index (Phi) is 1.93. The van der Waals surface area contributed by atoms with Crippen LogP contribution in [-0.2, 0) is 9.53 Å². The Hall–Kier alpha value is -1.33. The highest BCUT2D eigenvalue weighted by Gasteiger charge is 2.42. The second kappa shape index (κ2) is 2.73. The van der Waals surface area contributed by atoms with E-state index < -0.39 is 12.2 Å². The molecule has 0 fully saturated rings. The van der Waals surface area contributed by atoms with Gasteiger partial charge in [0, 0.05) is 6.08 Å². The lowest BCUT2D eigenvalue weighted by molar-refractivity contribution is -0.152. The zero-order valence-electron chi connectivity index (χ0n) is 5.28. The van der Waals surface area contributed by atoms with E-state index in [0.29, 0.717) is 0 Å². The number of carbonyl (C=O) groups excluding carboxylic acids is 1. The summed E-state index contributed by atoms with van der Waals surface area (Å²) in [5.74, 6) is 0. The van der Waals surface area contributed by atoms with E-state index in [9.17, 15) is 13.6 Å². The van der Waals surface area contributed by atoms with Crippen LogP contribution in [0.1, 0.15) is 0 Å². The first-order chi connectivity index (χ1) is 5.21. The van der Waals surface area contributed by atoms with Crippen molar-refractivity contribution in [1.29, 1.82) is 0 Å². The molecule has 0 aromatic rings. The van der Waals surface area contributed by atoms with E-state index in [0.717, 1.165) is 12.3 Å². The van der Waals surface area contributed by atoms with Gasteiger partial charge in [0.05, 0.1) is 6.20 Å². The minimum atomic E-state index is -2.89. The summed E-state index contributed by atoms with van der Waals surface area (Å²) < 4.78 is 28.3. The highest BCUT2D eigenvalue weighted by atomic mass is 19.3. The zero-order chi connectivity index (χ0) is 8.32. The van der Waals surface area contributed by atoms with Crippen LogP contribution in [0.15, 0.2) is 22.5 Å². The third-order valence-corrected chi connectivity index (χ3v) is 1.14. The van der Waals surface area contributed by atoms with E-state index >= 15 is 0 Å². The molecule has 0 bridgehead atoms. The predicted octanol–water partition coefficient (Wildman–Crippen LogP) is 1.10. The number of carbonyl (C=O) groups is 1. The van der Waals surface area contributed by atoms with Gasteiger partial charge in [-0.1, -0.05) is 0 Å². The van der Waals surface area contributed by atoms with Crippen molar-refractivity contribution in [2.24, 2.45) is 10.2 Å². The molecule has 1 aliphatic rings. The second-order valence-electron chi connectivity index (χ2n) is 1.80. The Morgan fingerprint density at radius 2 is 2.36 bits per heavy atom. The van der Waals surface area contributed by atoms with Crippen molar-refractivity contribution in [2.75, 3.05) is 0 Å². The Bertz CT molecular complexity index is 203. The molecule has 0 aromatic carbocycles. The van der Waals surface area contributed by atoms with Crippen LogP contribution in [0.25, 0.3) is 0 Å². The van der Waals surface area contributed by atoms with Crippen LogP contribution in [0.2, 0.25) is 0 Å². The largest absolute Gasteiger partial charge is 0.427 e. The lowest BCUT2D eigenvalue weighted by Crippen LogP contribution is -2.34. The molecule has 0 N–H and O–H groups in total. The molecule has 60 valence electrons. The summed E-state index contributed by atoms with van der Waals surface area (Å²) in [7, 11) is 0. The van der Waals surface area contributed by atoms with Gasteiger partial charge in [-0.15, -0.1) is 5.11 Å². The maximum Gasteiger partial charge on any atom is 0.303 e. The van der Waals surface area contributed by atoms with Gasteiger partial charge in [0.15, 0.2) is 0 Å². The first kappa shape index (κ1) is 7.77. The number of hydrogen-bond donors (Lipinski definition) is 0. The molecule has 0 saturated carbocycles. The Labute approximate surface area is 60.6 Å². The van der Waals surface area contributed by atoms with E-state index in [4.69, 9.17) is 0 Å². The quantitative estimate of drug-likeness (QED) is 0.583. The van der Waals surface area contributed by atoms with E-state index in [-0.39, 0.29) is 6.47 Å². The average Bonchev–Trinajstić information content (AvgIpc) is 2.38. The standard InChI is InChI=1S/C5H4F2N2O2/c6-4(7)5(11-3-10)1-2-8-9-5/h1-4H. The summed E-state index contributed by atoms with van der Waals surface area (Å²) in [6.45, 7) is -0.0825. The Balaban J connectivity index is 2.80. The average molecular weight is 162 g/mol. The maximum absolute atomic E-state index is 12.1. The minimum absolute atomic E-state index is 0.0825. The summed E-state index contributed by atoms with van der Waals surface area (Å²) in [5.41, 5.74) is -2.18. The van der Waals surface area contributed by atoms with Crippen molar-refractivity contribution in [1.82, 2.24) is 0 Å². The van der Waals surface area contributed by atoms with Crippen LogP contribution in [0.3, 0.4) is 0 Å². The molecule has 0 aliphatic carbocycles. The van der Waals surface area contributed by atoms with Crippen LogP contribution in [-0.4, -0.2) is 18.6 Å². The van der Waals surface area contributed by atoms with E-state index in [2.05, 4.69) is 15.0 Å². The van der Waals surface area contributed by atoms with Crippen molar-refractivity contribution in [3.05, 3.63) is 12.3 Å². The predicted molar refractivity (Wildman–Crippen MR) is 29.9 cm³/mol. The van der Waals surface area contributed by atoms with Gasteiger partial charge < -0.3 is 4.74 Å². The summed E-state index contributed by atoms with van der Waals surface area (Å²) in [5, 5.41) is 6.22. The molecule has 1 heterocycles. The lowest BCUT2D eigenvalue weighted by Gasteiger charge is -2.17. The number of alkyl halides is 2. The molecule has 1 atom stereocenters. The van der Waals surface area contributed by atoms with E-state index in [1.54, 1.807) is 0 Å². The summed E-state index contributed by atoms with van der Waals surface area (Å²) in [6.07, 6.45) is -0.919. The normalized spacial score (nSPS) is 27.9. The molecular formula is C5H4F2N2O2. The molecule has 4 nitrogen and oxygen atoms in total. The third-order valence-electron chi connectivity index (χ3n) is 1.14. The molecule has 0 aromatic heterocycles. The molecule has 0 radical (unpaired) electrons. The van der Waals surface area contributed by atoms with Crippen molar-refractivity contribution in [2.45, 2.75) is 12.2 Å². The number of ether oxygens (including phenoxy) is 1. The highest BCUT2D eigenvalue weighted by molar-refractivity contribution is 5.39. The Morgan fingerprint density at radius 1 is 1.64 bits per heavy atom. The molecule has 1 rings (SSSR count). The molecule has 0 amide bonds. The fourth-order valence-corrected chi connectivity index (χ4v) is 0.605. The number of rotatable bonds is 3. The summed E-state index contributed by atoms with van der Waals surface area (Å²) >= 11 is 0. The van der Waals surface area contributed by atoms with Gasteiger partial charge in [0.2, 0.25) is 0 Å². The van der Waals surface area contributed by atoms with E-state index in [1.807, 2.05) is 0 Å². The zero-order valence-corrected chi connectivity index (χ0v) is 5.28. The lowest BCUT2D eigenvalue weighted by atomic mass is 10.2. The fraction of sp³-hybridized carbons (Fsp3) is 0.400. The van der Waals surface area contributed by atoms with Gasteiger partial charge in [0.25, 0.3) is 6.47 Å². The molecule has 0 saturated heterocycles. The molecular weight excluding hydrogens is 158 g/mol. The number of hydrogen-bond acceptors (Lipinski definition) is 4. The van der Waals surface area contributed by atoms with Crippen molar-refractivity contribution >= 4 is 6.47 Å². The van der Waals surface area contributed by atoms with Crippen LogP contribution >= 0.6 is 0 Å². The molecule has 1 unspecified atom stereocenters. The minimum Gasteiger partial charge on any atom is -0.427 e. The maximum atomic E-state index is 12.1. The molecule has 11 heavy (non-hydrogen) atoms. The summed E-state index contributed by atoms with van der Waals surface area (Å²) in [4.78, 5) is 9.78.